The predicted molar refractivity (Wildman–Crippen MR) is 113 cm³/mol. The van der Waals surface area contributed by atoms with Crippen molar-refractivity contribution in [2.45, 2.75) is 19.0 Å². The summed E-state index contributed by atoms with van der Waals surface area (Å²) in [6.45, 7) is 1.26. The molecule has 1 aliphatic heterocycles. The van der Waals surface area contributed by atoms with Crippen LogP contribution in [0.25, 0.3) is 26.5 Å². The molecule has 6 nitrogen and oxygen atoms in total. The molecule has 0 amide bonds. The number of fused-ring (bicyclic) bond motifs is 1. The Kier molecular flexibility index (Phi) is 5.29. The lowest BCUT2D eigenvalue weighted by Gasteiger charge is -2.29. The Morgan fingerprint density at radius 3 is 2.93 bits per heavy atom. The van der Waals surface area contributed by atoms with Gasteiger partial charge < -0.3 is 15.6 Å². The number of alkyl halides is 1. The van der Waals surface area contributed by atoms with E-state index in [4.69, 9.17) is 5.41 Å². The molecule has 28 heavy (non-hydrogen) atoms. The molecule has 0 saturated carbocycles. The molecule has 2 N–H and O–H groups in total. The zero-order chi connectivity index (χ0) is 19.5. The number of hydrogen-bond donors (Lipinski definition) is 2. The largest absolute Gasteiger partial charge is 0.393 e. The first-order valence-electron chi connectivity index (χ1n) is 9.19. The van der Waals surface area contributed by atoms with Crippen LogP contribution in [0.3, 0.4) is 0 Å². The average Bonchev–Trinajstić information content (AvgIpc) is 3.15. The molecule has 1 atom stereocenters. The van der Waals surface area contributed by atoms with Gasteiger partial charge >= 0.3 is 0 Å². The lowest BCUT2D eigenvalue weighted by Crippen LogP contribution is -2.36. The predicted octanol–water partition coefficient (Wildman–Crippen LogP) is 3.90. The highest BCUT2D eigenvalue weighted by Gasteiger charge is 2.20. The number of hydrogen-bond acceptors (Lipinski definition) is 7. The van der Waals surface area contributed by atoms with Crippen LogP contribution in [0, 0.1) is 5.41 Å². The molecule has 4 rings (SSSR count). The molecule has 1 fully saturated rings. The van der Waals surface area contributed by atoms with Crippen LogP contribution in [0.15, 0.2) is 36.7 Å². The molecule has 1 aliphatic rings. The van der Waals surface area contributed by atoms with Crippen LogP contribution < -0.4 is 10.2 Å². The summed E-state index contributed by atoms with van der Waals surface area (Å²) in [7, 11) is 1.79. The van der Waals surface area contributed by atoms with Crippen LogP contribution >= 0.6 is 11.3 Å². The van der Waals surface area contributed by atoms with E-state index in [1.165, 1.54) is 6.21 Å². The van der Waals surface area contributed by atoms with E-state index in [0.29, 0.717) is 29.9 Å². The van der Waals surface area contributed by atoms with Gasteiger partial charge in [-0.25, -0.2) is 19.3 Å². The Bertz CT molecular complexity index is 1010. The highest BCUT2D eigenvalue weighted by atomic mass is 32.1. The third kappa shape index (κ3) is 3.73. The average molecular weight is 396 g/mol. The summed E-state index contributed by atoms with van der Waals surface area (Å²) in [5.74, 6) is 0.806. The number of halogens is 1. The molecule has 0 aliphatic carbocycles. The van der Waals surface area contributed by atoms with Gasteiger partial charge in [-0.15, -0.1) is 11.3 Å². The zero-order valence-corrected chi connectivity index (χ0v) is 16.3. The minimum absolute atomic E-state index is 0.412. The standard InChI is InChI=1S/C20H21FN6S/c1-23-10-14(9-22)16-5-6-17-19(25-16)26-20(28-17)13-4-7-18(24-11-13)27-8-2-3-15(21)12-27/h4-7,9-11,15,22-23H,2-3,8,12H2,1H3/b14-10+,22-9?. The monoisotopic (exact) mass is 396 g/mol. The maximum absolute atomic E-state index is 13.6. The van der Waals surface area contributed by atoms with Gasteiger partial charge in [-0.3, -0.25) is 0 Å². The number of pyridine rings is 2. The molecule has 3 aromatic heterocycles. The van der Waals surface area contributed by atoms with Gasteiger partial charge in [0.1, 0.15) is 17.0 Å². The smallest absolute Gasteiger partial charge is 0.171 e. The normalized spacial score (nSPS) is 17.7. The fourth-order valence-corrected chi connectivity index (χ4v) is 4.18. The van der Waals surface area contributed by atoms with Crippen LogP contribution in [0.4, 0.5) is 10.2 Å². The van der Waals surface area contributed by atoms with Crippen molar-refractivity contribution in [1.29, 1.82) is 5.41 Å². The molecular formula is C20H21FN6S. The lowest BCUT2D eigenvalue weighted by molar-refractivity contribution is 0.286. The number of anilines is 1. The van der Waals surface area contributed by atoms with E-state index < -0.39 is 6.17 Å². The van der Waals surface area contributed by atoms with Gasteiger partial charge in [-0.2, -0.15) is 0 Å². The molecule has 0 aromatic carbocycles. The van der Waals surface area contributed by atoms with E-state index in [9.17, 15) is 4.39 Å². The van der Waals surface area contributed by atoms with Crippen LogP contribution in [-0.2, 0) is 0 Å². The van der Waals surface area contributed by atoms with Gasteiger partial charge in [0.15, 0.2) is 5.65 Å². The second-order valence-corrected chi connectivity index (χ2v) is 7.69. The minimum Gasteiger partial charge on any atom is -0.393 e. The van der Waals surface area contributed by atoms with Crippen molar-refractivity contribution in [2.75, 3.05) is 25.0 Å². The van der Waals surface area contributed by atoms with Crippen LogP contribution in [-0.4, -0.2) is 47.5 Å². The Hall–Kier alpha value is -2.87. The molecule has 144 valence electrons. The first kappa shape index (κ1) is 18.5. The van der Waals surface area contributed by atoms with Crippen molar-refractivity contribution < 1.29 is 4.39 Å². The van der Waals surface area contributed by atoms with Crippen molar-refractivity contribution in [1.82, 2.24) is 20.3 Å². The van der Waals surface area contributed by atoms with E-state index >= 15 is 0 Å². The Labute approximate surface area is 166 Å². The van der Waals surface area contributed by atoms with Gasteiger partial charge in [-0.1, -0.05) is 0 Å². The molecular weight excluding hydrogens is 375 g/mol. The fourth-order valence-electron chi connectivity index (χ4n) is 3.28. The number of thiazole rings is 1. The van der Waals surface area contributed by atoms with Gasteiger partial charge in [-0.05, 0) is 37.1 Å². The Morgan fingerprint density at radius 1 is 1.32 bits per heavy atom. The van der Waals surface area contributed by atoms with Crippen LogP contribution in [0.1, 0.15) is 18.5 Å². The number of aromatic nitrogens is 3. The highest BCUT2D eigenvalue weighted by Crippen LogP contribution is 2.31. The number of piperidine rings is 1. The Morgan fingerprint density at radius 2 is 2.21 bits per heavy atom. The summed E-state index contributed by atoms with van der Waals surface area (Å²) < 4.78 is 14.6. The third-order valence-electron chi connectivity index (χ3n) is 4.69. The first-order chi connectivity index (χ1) is 13.7. The molecule has 0 bridgehead atoms. The number of nitrogens with one attached hydrogen (secondary N) is 2. The third-order valence-corrected chi connectivity index (χ3v) is 5.75. The van der Waals surface area contributed by atoms with Crippen molar-refractivity contribution in [3.63, 3.8) is 0 Å². The van der Waals surface area contributed by atoms with Gasteiger partial charge in [0.05, 0.1) is 16.9 Å². The van der Waals surface area contributed by atoms with E-state index in [2.05, 4.69) is 20.3 Å². The first-order valence-corrected chi connectivity index (χ1v) is 10.0. The summed E-state index contributed by atoms with van der Waals surface area (Å²) in [6.07, 6.45) is 5.51. The molecule has 3 aromatic rings. The summed E-state index contributed by atoms with van der Waals surface area (Å²) in [5, 5.41) is 11.3. The van der Waals surface area contributed by atoms with Gasteiger partial charge in [0.2, 0.25) is 0 Å². The van der Waals surface area contributed by atoms with E-state index in [0.717, 1.165) is 34.1 Å². The fraction of sp³-hybridized carbons (Fsp3) is 0.300. The van der Waals surface area contributed by atoms with Crippen molar-refractivity contribution in [3.05, 3.63) is 42.4 Å². The molecule has 1 unspecified atom stereocenters. The minimum atomic E-state index is -0.775. The van der Waals surface area contributed by atoms with Crippen molar-refractivity contribution >= 4 is 39.3 Å². The van der Waals surface area contributed by atoms with Gasteiger partial charge in [0.25, 0.3) is 0 Å². The van der Waals surface area contributed by atoms with Crippen LogP contribution in [0.2, 0.25) is 0 Å². The molecule has 0 radical (unpaired) electrons. The van der Waals surface area contributed by atoms with Gasteiger partial charge in [0, 0.05) is 43.3 Å². The SMILES string of the molecule is CN/C=C(\C=N)c1ccc2sc(-c3ccc(N4CCCC(F)C4)nc3)nc2n1. The summed E-state index contributed by atoms with van der Waals surface area (Å²) >= 11 is 1.55. The topological polar surface area (TPSA) is 77.8 Å². The zero-order valence-electron chi connectivity index (χ0n) is 15.5. The lowest BCUT2D eigenvalue weighted by atomic mass is 10.1. The van der Waals surface area contributed by atoms with Crippen LogP contribution in [0.5, 0.6) is 0 Å². The quantitative estimate of drug-likeness (QED) is 0.640. The molecule has 0 spiro atoms. The number of rotatable bonds is 5. The van der Waals surface area contributed by atoms with E-state index in [1.54, 1.807) is 30.8 Å². The highest BCUT2D eigenvalue weighted by molar-refractivity contribution is 7.21. The number of nitrogens with zero attached hydrogens (tertiary/aromatic N) is 4. The molecule has 4 heterocycles. The summed E-state index contributed by atoms with van der Waals surface area (Å²) in [5.41, 5.74) is 2.97. The molecule has 8 heteroatoms. The van der Waals surface area contributed by atoms with E-state index in [1.807, 2.05) is 29.2 Å². The second-order valence-electron chi connectivity index (χ2n) is 6.66. The maximum atomic E-state index is 13.6. The second kappa shape index (κ2) is 8.02. The molecule has 1 saturated heterocycles. The van der Waals surface area contributed by atoms with Crippen molar-refractivity contribution in [2.24, 2.45) is 0 Å². The Balaban J connectivity index is 1.60. The maximum Gasteiger partial charge on any atom is 0.171 e. The van der Waals surface area contributed by atoms with Crippen molar-refractivity contribution in [3.8, 4) is 10.6 Å². The summed E-state index contributed by atoms with van der Waals surface area (Å²) in [6, 6.07) is 7.78. The van der Waals surface area contributed by atoms with E-state index in [-0.39, 0.29) is 0 Å². The summed E-state index contributed by atoms with van der Waals surface area (Å²) in [4.78, 5) is 15.7. The number of allylic oxidation sites excluding steroid dienone is 1.